The number of carboxylic acids is 1. The molecule has 0 bridgehead atoms. The number of thiazole rings is 1. The van der Waals surface area contributed by atoms with Crippen LogP contribution in [0.15, 0.2) is 29.6 Å². The van der Waals surface area contributed by atoms with Crippen LogP contribution in [0.25, 0.3) is 0 Å². The molecule has 1 atom stereocenters. The van der Waals surface area contributed by atoms with Crippen LogP contribution < -0.4 is 0 Å². The molecule has 126 valence electrons. The summed E-state index contributed by atoms with van der Waals surface area (Å²) in [5, 5.41) is 11.8. The number of rotatable bonds is 5. The third-order valence-corrected chi connectivity index (χ3v) is 4.96. The number of hydrogen-bond donors (Lipinski definition) is 1. The zero-order chi connectivity index (χ0) is 17.1. The van der Waals surface area contributed by atoms with Crippen molar-refractivity contribution in [1.29, 1.82) is 0 Å². The molecule has 2 heterocycles. The van der Waals surface area contributed by atoms with E-state index in [-0.39, 0.29) is 18.1 Å². The molecule has 1 aliphatic rings. The molecule has 0 saturated carbocycles. The predicted octanol–water partition coefficient (Wildman–Crippen LogP) is 2.49. The summed E-state index contributed by atoms with van der Waals surface area (Å²) in [6, 6.07) is 5.53. The zero-order valence-corrected chi connectivity index (χ0v) is 13.8. The van der Waals surface area contributed by atoms with Gasteiger partial charge in [0.2, 0.25) is 5.91 Å². The Hall–Kier alpha value is -2.28. The molecule has 24 heavy (non-hydrogen) atoms. The highest BCUT2D eigenvalue weighted by atomic mass is 32.1. The lowest BCUT2D eigenvalue weighted by Crippen LogP contribution is -2.41. The first-order valence-corrected chi connectivity index (χ1v) is 8.61. The highest BCUT2D eigenvalue weighted by Gasteiger charge is 2.33. The van der Waals surface area contributed by atoms with E-state index in [4.69, 9.17) is 5.11 Å². The highest BCUT2D eigenvalue weighted by Crippen LogP contribution is 2.20. The Balaban J connectivity index is 1.62. The van der Waals surface area contributed by atoms with E-state index in [2.05, 4.69) is 4.98 Å². The molecular formula is C17H17FN2O3S. The van der Waals surface area contributed by atoms with Gasteiger partial charge in [0.15, 0.2) is 0 Å². The molecule has 2 aromatic rings. The third-order valence-electron chi connectivity index (χ3n) is 4.06. The summed E-state index contributed by atoms with van der Waals surface area (Å²) in [6.07, 6.45) is 1.92. The number of benzene rings is 1. The summed E-state index contributed by atoms with van der Waals surface area (Å²) in [5.74, 6) is -1.42. The minimum Gasteiger partial charge on any atom is -0.480 e. The molecule has 1 fully saturated rings. The molecule has 1 aromatic heterocycles. The second-order valence-electron chi connectivity index (χ2n) is 5.80. The number of nitrogens with zero attached hydrogens (tertiary/aromatic N) is 2. The second-order valence-corrected chi connectivity index (χ2v) is 6.74. The summed E-state index contributed by atoms with van der Waals surface area (Å²) in [4.78, 5) is 29.4. The van der Waals surface area contributed by atoms with Crippen LogP contribution in [-0.4, -0.2) is 39.5 Å². The van der Waals surface area contributed by atoms with Gasteiger partial charge in [-0.25, -0.2) is 14.2 Å². The molecule has 3 rings (SSSR count). The van der Waals surface area contributed by atoms with Crippen molar-refractivity contribution in [3.8, 4) is 0 Å². The number of carbonyl (C=O) groups excluding carboxylic acids is 1. The molecule has 0 aliphatic carbocycles. The van der Waals surface area contributed by atoms with Crippen molar-refractivity contribution in [1.82, 2.24) is 9.88 Å². The number of aliphatic carboxylic acids is 1. The third kappa shape index (κ3) is 3.79. The maximum Gasteiger partial charge on any atom is 0.326 e. The fraction of sp³-hybridized carbons (Fsp3) is 0.353. The summed E-state index contributed by atoms with van der Waals surface area (Å²) in [7, 11) is 0. The number of aromatic nitrogens is 1. The molecular weight excluding hydrogens is 331 g/mol. The quantitative estimate of drug-likeness (QED) is 0.901. The van der Waals surface area contributed by atoms with Gasteiger partial charge in [-0.05, 0) is 30.5 Å². The van der Waals surface area contributed by atoms with Gasteiger partial charge in [-0.1, -0.05) is 12.1 Å². The van der Waals surface area contributed by atoms with E-state index in [1.807, 2.05) is 5.38 Å². The van der Waals surface area contributed by atoms with E-state index < -0.39 is 12.0 Å². The fourth-order valence-corrected chi connectivity index (χ4v) is 3.69. The minimum atomic E-state index is -0.948. The largest absolute Gasteiger partial charge is 0.480 e. The van der Waals surface area contributed by atoms with Crippen molar-refractivity contribution in [3.63, 3.8) is 0 Å². The van der Waals surface area contributed by atoms with E-state index in [9.17, 15) is 14.0 Å². The van der Waals surface area contributed by atoms with Gasteiger partial charge in [0.25, 0.3) is 0 Å². The number of hydrogen-bond acceptors (Lipinski definition) is 4. The molecule has 1 N–H and O–H groups in total. The van der Waals surface area contributed by atoms with Crippen LogP contribution >= 0.6 is 11.3 Å². The van der Waals surface area contributed by atoms with E-state index in [0.29, 0.717) is 25.1 Å². The van der Waals surface area contributed by atoms with Crippen LogP contribution in [0, 0.1) is 5.82 Å². The lowest BCUT2D eigenvalue weighted by atomic mass is 10.1. The maximum absolute atomic E-state index is 12.9. The number of carbonyl (C=O) groups is 2. The topological polar surface area (TPSA) is 70.5 Å². The second kappa shape index (κ2) is 7.09. The average molecular weight is 348 g/mol. The Morgan fingerprint density at radius 2 is 2.08 bits per heavy atom. The SMILES string of the molecule is O=C(O)[C@H]1CCCN1C(=O)Cc1csc(Cc2ccc(F)cc2)n1. The zero-order valence-electron chi connectivity index (χ0n) is 12.9. The summed E-state index contributed by atoms with van der Waals surface area (Å²) in [5.41, 5.74) is 1.60. The average Bonchev–Trinajstić information content (AvgIpc) is 3.19. The van der Waals surface area contributed by atoms with Gasteiger partial charge < -0.3 is 10.0 Å². The Morgan fingerprint density at radius 3 is 2.79 bits per heavy atom. The Labute approximate surface area is 142 Å². The van der Waals surface area contributed by atoms with Crippen LogP contribution in [0.5, 0.6) is 0 Å². The molecule has 0 spiro atoms. The van der Waals surface area contributed by atoms with Gasteiger partial charge in [0, 0.05) is 18.3 Å². The standard InChI is InChI=1S/C17H17FN2O3S/c18-12-5-3-11(4-6-12)8-15-19-13(10-24-15)9-16(21)20-7-1-2-14(20)17(22)23/h3-6,10,14H,1-2,7-9H2,(H,22,23)/t14-/m1/s1. The first-order chi connectivity index (χ1) is 11.5. The smallest absolute Gasteiger partial charge is 0.326 e. The van der Waals surface area contributed by atoms with Crippen molar-refractivity contribution in [2.45, 2.75) is 31.7 Å². The van der Waals surface area contributed by atoms with Gasteiger partial charge >= 0.3 is 5.97 Å². The highest BCUT2D eigenvalue weighted by molar-refractivity contribution is 7.09. The van der Waals surface area contributed by atoms with E-state index >= 15 is 0 Å². The number of likely N-dealkylation sites (tertiary alicyclic amines) is 1. The van der Waals surface area contributed by atoms with Gasteiger partial charge in [-0.3, -0.25) is 4.79 Å². The number of carboxylic acid groups (broad SMARTS) is 1. The molecule has 1 aromatic carbocycles. The van der Waals surface area contributed by atoms with E-state index in [1.165, 1.54) is 28.4 Å². The fourth-order valence-electron chi connectivity index (χ4n) is 2.87. The number of amides is 1. The summed E-state index contributed by atoms with van der Waals surface area (Å²) >= 11 is 1.45. The van der Waals surface area contributed by atoms with E-state index in [0.717, 1.165) is 17.0 Å². The van der Waals surface area contributed by atoms with Crippen LogP contribution in [-0.2, 0) is 22.4 Å². The van der Waals surface area contributed by atoms with E-state index in [1.54, 1.807) is 12.1 Å². The van der Waals surface area contributed by atoms with Gasteiger partial charge in [-0.2, -0.15) is 0 Å². The van der Waals surface area contributed by atoms with Crippen LogP contribution in [0.2, 0.25) is 0 Å². The Bertz CT molecular complexity index is 745. The molecule has 0 radical (unpaired) electrons. The first-order valence-electron chi connectivity index (χ1n) is 7.73. The predicted molar refractivity (Wildman–Crippen MR) is 87.4 cm³/mol. The molecule has 5 nitrogen and oxygen atoms in total. The molecule has 1 amide bonds. The summed E-state index contributed by atoms with van der Waals surface area (Å²) < 4.78 is 12.9. The van der Waals surface area contributed by atoms with Crippen molar-refractivity contribution < 1.29 is 19.1 Å². The first kappa shape index (κ1) is 16.6. The molecule has 7 heteroatoms. The molecule has 1 saturated heterocycles. The lowest BCUT2D eigenvalue weighted by Gasteiger charge is -2.20. The summed E-state index contributed by atoms with van der Waals surface area (Å²) in [6.45, 7) is 0.488. The van der Waals surface area contributed by atoms with Crippen molar-refractivity contribution in [2.24, 2.45) is 0 Å². The van der Waals surface area contributed by atoms with Crippen molar-refractivity contribution >= 4 is 23.2 Å². The van der Waals surface area contributed by atoms with Gasteiger partial charge in [0.1, 0.15) is 11.9 Å². The maximum atomic E-state index is 12.9. The van der Waals surface area contributed by atoms with Crippen LogP contribution in [0.4, 0.5) is 4.39 Å². The normalized spacial score (nSPS) is 17.2. The van der Waals surface area contributed by atoms with Crippen molar-refractivity contribution in [3.05, 3.63) is 51.7 Å². The molecule has 0 unspecified atom stereocenters. The van der Waals surface area contributed by atoms with Crippen molar-refractivity contribution in [2.75, 3.05) is 6.54 Å². The molecule has 1 aliphatic heterocycles. The van der Waals surface area contributed by atoms with Crippen LogP contribution in [0.1, 0.15) is 29.1 Å². The Morgan fingerprint density at radius 1 is 1.33 bits per heavy atom. The minimum absolute atomic E-state index is 0.115. The Kier molecular flexibility index (Phi) is 4.89. The van der Waals surface area contributed by atoms with Crippen LogP contribution in [0.3, 0.4) is 0 Å². The van der Waals surface area contributed by atoms with Gasteiger partial charge in [0.05, 0.1) is 17.1 Å². The monoisotopic (exact) mass is 348 g/mol. The number of halogens is 1. The lowest BCUT2D eigenvalue weighted by molar-refractivity contribution is -0.148. The van der Waals surface area contributed by atoms with Gasteiger partial charge in [-0.15, -0.1) is 11.3 Å².